The van der Waals surface area contributed by atoms with Gasteiger partial charge in [-0.1, -0.05) is 20.8 Å². The van der Waals surface area contributed by atoms with E-state index in [0.717, 1.165) is 31.1 Å². The molecular weight excluding hydrogens is 396 g/mol. The maximum atomic E-state index is 11.7. The predicted molar refractivity (Wildman–Crippen MR) is 116 cm³/mol. The van der Waals surface area contributed by atoms with Crippen LogP contribution in [0.2, 0.25) is 0 Å². The Morgan fingerprint density at radius 2 is 1.68 bits per heavy atom. The Morgan fingerprint density at radius 1 is 0.968 bits per heavy atom. The summed E-state index contributed by atoms with van der Waals surface area (Å²) in [5.74, 6) is 2.54. The summed E-state index contributed by atoms with van der Waals surface area (Å²) in [6.07, 6.45) is 10.9. The lowest BCUT2D eigenvalue weighted by atomic mass is 9.44. The molecule has 0 aromatic carbocycles. The van der Waals surface area contributed by atoms with E-state index in [9.17, 15) is 15.3 Å². The third-order valence-corrected chi connectivity index (χ3v) is 10.8. The van der Waals surface area contributed by atoms with E-state index in [1.165, 1.54) is 39.2 Å². The summed E-state index contributed by atoms with van der Waals surface area (Å²) in [5.41, 5.74) is 0.597. The van der Waals surface area contributed by atoms with Gasteiger partial charge in [-0.05, 0) is 97.7 Å². The van der Waals surface area contributed by atoms with Crippen molar-refractivity contribution in [2.24, 2.45) is 46.3 Å². The minimum absolute atomic E-state index is 0.0893. The predicted octanol–water partition coefficient (Wildman–Crippen LogP) is 5.91. The molecule has 6 nitrogen and oxygen atoms in total. The summed E-state index contributed by atoms with van der Waals surface area (Å²) in [5, 5.41) is 18.7. The minimum Gasteiger partial charge on any atom is -0.469 e. The fourth-order valence-electron chi connectivity index (χ4n) is 9.00. The fourth-order valence-corrected chi connectivity index (χ4v) is 9.00. The number of hydrogen-bond acceptors (Lipinski definition) is 6. The highest BCUT2D eigenvalue weighted by atomic mass is 17.2. The van der Waals surface area contributed by atoms with Crippen LogP contribution in [-0.2, 0) is 19.3 Å². The molecule has 0 aromatic rings. The molecule has 4 rings (SSSR count). The van der Waals surface area contributed by atoms with Crippen molar-refractivity contribution in [3.8, 4) is 0 Å². The monoisotopic (exact) mass is 438 g/mol. The lowest BCUT2D eigenvalue weighted by Gasteiger charge is -2.62. The first-order valence-electron chi connectivity index (χ1n) is 12.4. The highest BCUT2D eigenvalue weighted by Gasteiger charge is 2.62. The molecular formula is C25H42O6. The Hall–Kier alpha value is -0.690. The number of rotatable bonds is 6. The first-order valence-corrected chi connectivity index (χ1v) is 12.4. The van der Waals surface area contributed by atoms with Gasteiger partial charge >= 0.3 is 5.97 Å². The molecule has 8 atom stereocenters. The van der Waals surface area contributed by atoms with Crippen LogP contribution in [0.25, 0.3) is 0 Å². The fraction of sp³-hybridized carbons (Fsp3) is 0.960. The SMILES string of the molecule is COC(=O)CCC(C)C1CCC2C3CCC4CC(OO)(OO)CCC4(C)C3CCC12C. The van der Waals surface area contributed by atoms with Crippen molar-refractivity contribution in [3.63, 3.8) is 0 Å². The molecule has 4 saturated carbocycles. The van der Waals surface area contributed by atoms with Crippen molar-refractivity contribution in [2.45, 2.75) is 97.2 Å². The summed E-state index contributed by atoms with van der Waals surface area (Å²) < 4.78 is 4.87. The average Bonchev–Trinajstić information content (AvgIpc) is 3.14. The molecule has 0 spiro atoms. The van der Waals surface area contributed by atoms with Crippen molar-refractivity contribution in [2.75, 3.05) is 7.11 Å². The van der Waals surface area contributed by atoms with Gasteiger partial charge in [0.2, 0.25) is 5.79 Å². The number of esters is 1. The van der Waals surface area contributed by atoms with E-state index in [-0.39, 0.29) is 11.4 Å². The van der Waals surface area contributed by atoms with Gasteiger partial charge in [0.25, 0.3) is 0 Å². The summed E-state index contributed by atoms with van der Waals surface area (Å²) in [6, 6.07) is 0. The molecule has 2 N–H and O–H groups in total. The zero-order valence-electron chi connectivity index (χ0n) is 19.8. The minimum atomic E-state index is -1.24. The molecule has 31 heavy (non-hydrogen) atoms. The van der Waals surface area contributed by atoms with Gasteiger partial charge in [-0.3, -0.25) is 4.79 Å². The summed E-state index contributed by atoms with van der Waals surface area (Å²) in [4.78, 5) is 20.9. The highest BCUT2D eigenvalue weighted by Crippen LogP contribution is 2.69. The van der Waals surface area contributed by atoms with Crippen LogP contribution in [0.3, 0.4) is 0 Å². The van der Waals surface area contributed by atoms with Gasteiger partial charge in [0.1, 0.15) is 0 Å². The van der Waals surface area contributed by atoms with Gasteiger partial charge in [0.15, 0.2) is 0 Å². The number of fused-ring (bicyclic) bond motifs is 5. The van der Waals surface area contributed by atoms with Crippen LogP contribution in [-0.4, -0.2) is 29.4 Å². The van der Waals surface area contributed by atoms with E-state index >= 15 is 0 Å². The molecule has 178 valence electrons. The Kier molecular flexibility index (Phi) is 6.50. The molecule has 0 bridgehead atoms. The van der Waals surface area contributed by atoms with E-state index in [0.29, 0.717) is 48.3 Å². The molecule has 6 heteroatoms. The normalized spacial score (nSPS) is 44.6. The quantitative estimate of drug-likeness (QED) is 0.232. The first-order chi connectivity index (χ1) is 14.7. The number of methoxy groups -OCH3 is 1. The van der Waals surface area contributed by atoms with Crippen LogP contribution >= 0.6 is 0 Å². The average molecular weight is 439 g/mol. The van der Waals surface area contributed by atoms with Gasteiger partial charge in [-0.2, -0.15) is 0 Å². The zero-order chi connectivity index (χ0) is 22.4. The second kappa shape index (κ2) is 8.58. The smallest absolute Gasteiger partial charge is 0.305 e. The van der Waals surface area contributed by atoms with E-state index in [2.05, 4.69) is 30.5 Å². The van der Waals surface area contributed by atoms with Crippen LogP contribution in [0.4, 0.5) is 0 Å². The molecule has 8 unspecified atom stereocenters. The van der Waals surface area contributed by atoms with Gasteiger partial charge in [0.05, 0.1) is 7.11 Å². The lowest BCUT2D eigenvalue weighted by molar-refractivity contribution is -0.499. The molecule has 0 aromatic heterocycles. The molecule has 0 saturated heterocycles. The topological polar surface area (TPSA) is 85.2 Å². The Balaban J connectivity index is 1.48. The van der Waals surface area contributed by atoms with Gasteiger partial charge in [-0.15, -0.1) is 0 Å². The zero-order valence-corrected chi connectivity index (χ0v) is 19.8. The molecule has 0 aliphatic heterocycles. The number of ether oxygens (including phenoxy) is 1. The lowest BCUT2D eigenvalue weighted by Crippen LogP contribution is -2.56. The van der Waals surface area contributed by atoms with Crippen LogP contribution < -0.4 is 0 Å². The van der Waals surface area contributed by atoms with E-state index in [1.807, 2.05) is 0 Å². The third kappa shape index (κ3) is 3.75. The largest absolute Gasteiger partial charge is 0.469 e. The third-order valence-electron chi connectivity index (χ3n) is 10.8. The standard InChI is InChI=1S/C25H42O6/c1-16(5-10-22(26)29-4)19-8-9-20-18-7-6-17-15-25(30-27,31-28)14-13-23(17,2)21(18)11-12-24(19,20)3/h16-21,27-28H,5-15H2,1-4H3. The second-order valence-electron chi connectivity index (χ2n) is 11.8. The van der Waals surface area contributed by atoms with E-state index in [4.69, 9.17) is 4.74 Å². The van der Waals surface area contributed by atoms with Crippen LogP contribution in [0.15, 0.2) is 0 Å². The molecule has 4 aliphatic carbocycles. The summed E-state index contributed by atoms with van der Waals surface area (Å²) in [6.45, 7) is 7.33. The van der Waals surface area contributed by atoms with E-state index < -0.39 is 5.79 Å². The Labute approximate surface area is 186 Å². The van der Waals surface area contributed by atoms with Crippen LogP contribution in [0, 0.1) is 46.3 Å². The van der Waals surface area contributed by atoms with E-state index in [1.54, 1.807) is 0 Å². The van der Waals surface area contributed by atoms with Crippen molar-refractivity contribution < 1.29 is 29.8 Å². The van der Waals surface area contributed by atoms with Crippen LogP contribution in [0.5, 0.6) is 0 Å². The van der Waals surface area contributed by atoms with Gasteiger partial charge in [0, 0.05) is 19.3 Å². The summed E-state index contributed by atoms with van der Waals surface area (Å²) >= 11 is 0. The van der Waals surface area contributed by atoms with Crippen LogP contribution in [0.1, 0.15) is 91.4 Å². The van der Waals surface area contributed by atoms with Crippen molar-refractivity contribution >= 4 is 5.97 Å². The highest BCUT2D eigenvalue weighted by molar-refractivity contribution is 5.69. The first kappa shape index (κ1) is 23.5. The maximum absolute atomic E-state index is 11.7. The molecule has 0 radical (unpaired) electrons. The van der Waals surface area contributed by atoms with Gasteiger partial charge < -0.3 is 4.74 Å². The Morgan fingerprint density at radius 3 is 2.35 bits per heavy atom. The molecule has 0 amide bonds. The van der Waals surface area contributed by atoms with Crippen molar-refractivity contribution in [3.05, 3.63) is 0 Å². The summed E-state index contributed by atoms with van der Waals surface area (Å²) in [7, 11) is 1.48. The Bertz CT molecular complexity index is 662. The number of carbonyl (C=O) groups excluding carboxylic acids is 1. The molecule has 0 heterocycles. The van der Waals surface area contributed by atoms with Crippen molar-refractivity contribution in [1.82, 2.24) is 0 Å². The second-order valence-corrected chi connectivity index (χ2v) is 11.8. The maximum Gasteiger partial charge on any atom is 0.305 e. The number of carbonyl (C=O) groups is 1. The number of hydrogen-bond donors (Lipinski definition) is 2. The van der Waals surface area contributed by atoms with Gasteiger partial charge in [-0.25, -0.2) is 20.3 Å². The molecule has 4 fully saturated rings. The molecule has 4 aliphatic rings. The van der Waals surface area contributed by atoms with Crippen molar-refractivity contribution in [1.29, 1.82) is 0 Å².